The summed E-state index contributed by atoms with van der Waals surface area (Å²) in [4.78, 5) is 0. The van der Waals surface area contributed by atoms with E-state index in [9.17, 15) is 0 Å². The zero-order valence-electron chi connectivity index (χ0n) is 6.19. The minimum absolute atomic E-state index is 1.02. The lowest BCUT2D eigenvalue weighted by Gasteiger charge is -1.97. The normalized spacial score (nSPS) is 9.00. The van der Waals surface area contributed by atoms with E-state index in [0.29, 0.717) is 0 Å². The number of hydrogen-bond donors (Lipinski definition) is 1. The van der Waals surface area contributed by atoms with Crippen molar-refractivity contribution in [3.8, 4) is 0 Å². The van der Waals surface area contributed by atoms with Crippen molar-refractivity contribution in [3.63, 3.8) is 0 Å². The zero-order valence-corrected chi connectivity index (χ0v) is 6.19. The van der Waals surface area contributed by atoms with E-state index in [1.807, 2.05) is 0 Å². The first kappa shape index (κ1) is 8.54. The molecular formula is C8H16N. The summed E-state index contributed by atoms with van der Waals surface area (Å²) in [6, 6.07) is 0. The van der Waals surface area contributed by atoms with E-state index in [0.717, 1.165) is 6.54 Å². The minimum atomic E-state index is 1.02. The molecule has 0 heterocycles. The molecule has 0 aromatic heterocycles. The minimum Gasteiger partial charge on any atom is -0.391 e. The van der Waals surface area contributed by atoms with Crippen molar-refractivity contribution in [1.82, 2.24) is 5.32 Å². The maximum atomic E-state index is 5.11. The third-order valence-electron chi connectivity index (χ3n) is 1.29. The number of rotatable bonds is 6. The summed E-state index contributed by atoms with van der Waals surface area (Å²) < 4.78 is 0. The Bertz CT molecular complexity index is 59.6. The van der Waals surface area contributed by atoms with Gasteiger partial charge < -0.3 is 5.32 Å². The second kappa shape index (κ2) is 7.54. The molecule has 1 nitrogen and oxygen atoms in total. The summed E-state index contributed by atoms with van der Waals surface area (Å²) in [6.45, 7) is 8.34. The monoisotopic (exact) mass is 126 g/mol. The van der Waals surface area contributed by atoms with Gasteiger partial charge in [0.15, 0.2) is 0 Å². The first-order valence-corrected chi connectivity index (χ1v) is 3.68. The molecule has 1 radical (unpaired) electrons. The molecule has 1 heteroatoms. The van der Waals surface area contributed by atoms with E-state index in [-0.39, 0.29) is 0 Å². The van der Waals surface area contributed by atoms with Gasteiger partial charge in [0.1, 0.15) is 0 Å². The number of nitrogens with one attached hydrogen (secondary N) is 1. The second-order valence-corrected chi connectivity index (χ2v) is 2.18. The fourth-order valence-corrected chi connectivity index (χ4v) is 0.737. The predicted octanol–water partition coefficient (Wildman–Crippen LogP) is 2.10. The average molecular weight is 126 g/mol. The van der Waals surface area contributed by atoms with Crippen LogP contribution in [0.5, 0.6) is 0 Å². The van der Waals surface area contributed by atoms with Gasteiger partial charge >= 0.3 is 0 Å². The van der Waals surface area contributed by atoms with E-state index in [1.54, 1.807) is 0 Å². The van der Waals surface area contributed by atoms with Gasteiger partial charge in [0.05, 0.1) is 0 Å². The Morgan fingerprint density at radius 2 is 2.11 bits per heavy atom. The number of hydrogen-bond acceptors (Lipinski definition) is 1. The molecule has 0 fully saturated rings. The molecule has 0 aromatic carbocycles. The summed E-state index contributed by atoms with van der Waals surface area (Å²) in [7, 11) is 0. The first-order valence-electron chi connectivity index (χ1n) is 3.68. The lowest BCUT2D eigenvalue weighted by molar-refractivity contribution is 0.646. The van der Waals surface area contributed by atoms with Gasteiger partial charge in [0, 0.05) is 6.54 Å². The zero-order chi connectivity index (χ0) is 6.95. The molecule has 0 aliphatic heterocycles. The third-order valence-corrected chi connectivity index (χ3v) is 1.29. The first-order chi connectivity index (χ1) is 4.41. The molecule has 0 spiro atoms. The molecule has 0 rings (SSSR count). The van der Waals surface area contributed by atoms with Crippen LogP contribution in [0.25, 0.3) is 0 Å². The van der Waals surface area contributed by atoms with Gasteiger partial charge in [-0.1, -0.05) is 26.2 Å². The fourth-order valence-electron chi connectivity index (χ4n) is 0.737. The van der Waals surface area contributed by atoms with Crippen LogP contribution in [0.1, 0.15) is 32.6 Å². The van der Waals surface area contributed by atoms with Gasteiger partial charge in [-0.05, 0) is 19.2 Å². The second-order valence-electron chi connectivity index (χ2n) is 2.18. The lowest BCUT2D eigenvalue weighted by Crippen LogP contribution is -2.05. The third kappa shape index (κ3) is 7.54. The maximum absolute atomic E-state index is 5.11. The molecule has 0 saturated carbocycles. The summed E-state index contributed by atoms with van der Waals surface area (Å²) in [5, 5.41) is 2.96. The quantitative estimate of drug-likeness (QED) is 0.537. The predicted molar refractivity (Wildman–Crippen MR) is 41.0 cm³/mol. The van der Waals surface area contributed by atoms with Crippen molar-refractivity contribution in [3.05, 3.63) is 12.8 Å². The van der Waals surface area contributed by atoms with Crippen molar-refractivity contribution in [2.75, 3.05) is 6.54 Å². The molecule has 0 aliphatic carbocycles. The van der Waals surface area contributed by atoms with E-state index < -0.39 is 0 Å². The fraction of sp³-hybridized carbons (Fsp3) is 0.750. The highest BCUT2D eigenvalue weighted by Crippen LogP contribution is 1.96. The molecule has 0 atom stereocenters. The van der Waals surface area contributed by atoms with Gasteiger partial charge in [-0.25, -0.2) is 0 Å². The Labute approximate surface area is 58.2 Å². The maximum Gasteiger partial charge on any atom is 0.0141 e. The van der Waals surface area contributed by atoms with Crippen LogP contribution >= 0.6 is 0 Å². The largest absolute Gasteiger partial charge is 0.391 e. The molecule has 53 valence electrons. The van der Waals surface area contributed by atoms with Gasteiger partial charge in [-0.15, -0.1) is 0 Å². The molecule has 1 N–H and O–H groups in total. The highest BCUT2D eigenvalue weighted by Gasteiger charge is 1.83. The van der Waals surface area contributed by atoms with Crippen molar-refractivity contribution >= 4 is 0 Å². The average Bonchev–Trinajstić information content (AvgIpc) is 1.89. The Morgan fingerprint density at radius 3 is 2.67 bits per heavy atom. The summed E-state index contributed by atoms with van der Waals surface area (Å²) in [5.74, 6) is 0. The summed E-state index contributed by atoms with van der Waals surface area (Å²) in [5.41, 5.74) is 0. The van der Waals surface area contributed by atoms with Crippen LogP contribution in [0, 0.1) is 6.58 Å². The van der Waals surface area contributed by atoms with Crippen molar-refractivity contribution in [2.24, 2.45) is 0 Å². The summed E-state index contributed by atoms with van der Waals surface area (Å²) >= 11 is 0. The Hall–Kier alpha value is -0.460. The van der Waals surface area contributed by atoms with Crippen molar-refractivity contribution in [1.29, 1.82) is 0 Å². The molecule has 0 amide bonds. The van der Waals surface area contributed by atoms with Gasteiger partial charge in [-0.3, -0.25) is 0 Å². The standard InChI is InChI=1S/C8H16N/c1-3-5-6-7-8-9-4-2/h2,4,9H,3,5-8H2,1H3. The molecule has 0 aliphatic rings. The number of unbranched alkanes of at least 4 members (excludes halogenated alkanes) is 3. The van der Waals surface area contributed by atoms with Crippen LogP contribution in [0.2, 0.25) is 0 Å². The molecule has 9 heavy (non-hydrogen) atoms. The Balaban J connectivity index is 2.66. The molecular weight excluding hydrogens is 110 g/mol. The van der Waals surface area contributed by atoms with Crippen LogP contribution in [-0.2, 0) is 0 Å². The summed E-state index contributed by atoms with van der Waals surface area (Å²) in [6.07, 6.45) is 6.70. The van der Waals surface area contributed by atoms with E-state index in [1.165, 1.54) is 31.9 Å². The highest BCUT2D eigenvalue weighted by molar-refractivity contribution is 4.58. The smallest absolute Gasteiger partial charge is 0.0141 e. The molecule has 0 bridgehead atoms. The van der Waals surface area contributed by atoms with Crippen LogP contribution in [0.3, 0.4) is 0 Å². The van der Waals surface area contributed by atoms with Crippen LogP contribution in [-0.4, -0.2) is 6.54 Å². The SMILES string of the molecule is [CH]=CNCCCCCC. The van der Waals surface area contributed by atoms with E-state index in [4.69, 9.17) is 6.58 Å². The Morgan fingerprint density at radius 1 is 1.33 bits per heavy atom. The van der Waals surface area contributed by atoms with Gasteiger partial charge in [0.2, 0.25) is 0 Å². The van der Waals surface area contributed by atoms with Crippen LogP contribution in [0.4, 0.5) is 0 Å². The highest BCUT2D eigenvalue weighted by atomic mass is 14.8. The van der Waals surface area contributed by atoms with Crippen molar-refractivity contribution in [2.45, 2.75) is 32.6 Å². The van der Waals surface area contributed by atoms with Crippen molar-refractivity contribution < 1.29 is 0 Å². The molecule has 0 saturated heterocycles. The molecule has 0 unspecified atom stereocenters. The van der Waals surface area contributed by atoms with Gasteiger partial charge in [0.25, 0.3) is 0 Å². The lowest BCUT2D eigenvalue weighted by atomic mass is 10.2. The Kier molecular flexibility index (Phi) is 7.15. The van der Waals surface area contributed by atoms with Crippen LogP contribution < -0.4 is 5.32 Å². The van der Waals surface area contributed by atoms with E-state index in [2.05, 4.69) is 12.2 Å². The van der Waals surface area contributed by atoms with Crippen LogP contribution in [0.15, 0.2) is 6.20 Å². The van der Waals surface area contributed by atoms with Gasteiger partial charge in [-0.2, -0.15) is 0 Å². The molecule has 0 aromatic rings. The topological polar surface area (TPSA) is 12.0 Å². The van der Waals surface area contributed by atoms with E-state index >= 15 is 0 Å².